The van der Waals surface area contributed by atoms with Crippen LogP contribution in [-0.2, 0) is 0 Å². The third-order valence-electron chi connectivity index (χ3n) is 3.61. The predicted octanol–water partition coefficient (Wildman–Crippen LogP) is 3.61. The molecule has 2 aromatic carbocycles. The molecule has 21 heavy (non-hydrogen) atoms. The number of ether oxygens (including phenoxy) is 1. The number of anilines is 1. The molecule has 2 N–H and O–H groups in total. The van der Waals surface area contributed by atoms with Crippen LogP contribution in [0.1, 0.15) is 25.5 Å². The van der Waals surface area contributed by atoms with Crippen LogP contribution in [0.2, 0.25) is 0 Å². The lowest BCUT2D eigenvalue weighted by molar-refractivity contribution is 0.214. The van der Waals surface area contributed by atoms with Crippen molar-refractivity contribution in [3.63, 3.8) is 0 Å². The van der Waals surface area contributed by atoms with Crippen molar-refractivity contribution in [3.05, 3.63) is 60.2 Å². The molecule has 0 bridgehead atoms. The van der Waals surface area contributed by atoms with Gasteiger partial charge < -0.3 is 15.4 Å². The van der Waals surface area contributed by atoms with E-state index in [-0.39, 0.29) is 6.10 Å². The lowest BCUT2D eigenvalue weighted by atomic mass is 10.1. The second kappa shape index (κ2) is 7.70. The van der Waals surface area contributed by atoms with E-state index in [4.69, 9.17) is 10.5 Å². The zero-order chi connectivity index (χ0) is 15.1. The molecule has 0 saturated heterocycles. The maximum absolute atomic E-state index is 6.08. The molecule has 112 valence electrons. The van der Waals surface area contributed by atoms with Crippen molar-refractivity contribution in [3.8, 4) is 5.75 Å². The highest BCUT2D eigenvalue weighted by Crippen LogP contribution is 2.25. The van der Waals surface area contributed by atoms with E-state index in [1.165, 1.54) is 5.69 Å². The highest BCUT2D eigenvalue weighted by atomic mass is 16.5. The Kier molecular flexibility index (Phi) is 5.64. The summed E-state index contributed by atoms with van der Waals surface area (Å²) in [5.41, 5.74) is 8.15. The molecule has 0 saturated carbocycles. The van der Waals surface area contributed by atoms with Gasteiger partial charge in [-0.05, 0) is 31.5 Å². The van der Waals surface area contributed by atoms with Crippen molar-refractivity contribution in [1.82, 2.24) is 0 Å². The minimum Gasteiger partial charge on any atom is -0.484 e. The monoisotopic (exact) mass is 284 g/mol. The first kappa shape index (κ1) is 15.4. The van der Waals surface area contributed by atoms with E-state index in [9.17, 15) is 0 Å². The Morgan fingerprint density at radius 1 is 1.00 bits per heavy atom. The summed E-state index contributed by atoms with van der Waals surface area (Å²) in [5.74, 6) is 0.860. The Morgan fingerprint density at radius 2 is 1.71 bits per heavy atom. The second-order valence-corrected chi connectivity index (χ2v) is 4.92. The van der Waals surface area contributed by atoms with Crippen molar-refractivity contribution in [1.29, 1.82) is 0 Å². The first-order chi connectivity index (χ1) is 10.3. The van der Waals surface area contributed by atoms with Crippen LogP contribution in [0.15, 0.2) is 54.6 Å². The smallest absolute Gasteiger partial charge is 0.136 e. The summed E-state index contributed by atoms with van der Waals surface area (Å²) in [7, 11) is 0. The molecule has 2 aromatic rings. The molecule has 0 heterocycles. The maximum Gasteiger partial charge on any atom is 0.136 e. The van der Waals surface area contributed by atoms with Crippen LogP contribution in [0.4, 0.5) is 5.69 Å². The zero-order valence-corrected chi connectivity index (χ0v) is 12.8. The Bertz CT molecular complexity index is 538. The van der Waals surface area contributed by atoms with Crippen LogP contribution in [0, 0.1) is 0 Å². The van der Waals surface area contributed by atoms with Crippen molar-refractivity contribution >= 4 is 5.69 Å². The minimum absolute atomic E-state index is 0.113. The molecule has 1 atom stereocenters. The van der Waals surface area contributed by atoms with Gasteiger partial charge in [-0.3, -0.25) is 0 Å². The molecule has 2 rings (SSSR count). The third-order valence-corrected chi connectivity index (χ3v) is 3.61. The number of benzene rings is 2. The van der Waals surface area contributed by atoms with E-state index in [0.717, 1.165) is 24.4 Å². The van der Waals surface area contributed by atoms with Crippen molar-refractivity contribution in [2.75, 3.05) is 24.5 Å². The average Bonchev–Trinajstić information content (AvgIpc) is 2.55. The Hall–Kier alpha value is -2.00. The highest BCUT2D eigenvalue weighted by molar-refractivity contribution is 5.50. The van der Waals surface area contributed by atoms with Gasteiger partial charge in [0.1, 0.15) is 11.9 Å². The van der Waals surface area contributed by atoms with Crippen LogP contribution in [-0.4, -0.2) is 19.6 Å². The topological polar surface area (TPSA) is 38.5 Å². The van der Waals surface area contributed by atoms with Gasteiger partial charge in [-0.15, -0.1) is 0 Å². The van der Waals surface area contributed by atoms with Crippen molar-refractivity contribution in [2.24, 2.45) is 5.73 Å². The molecule has 0 radical (unpaired) electrons. The fraction of sp³-hybridized carbons (Fsp3) is 0.333. The lowest BCUT2D eigenvalue weighted by Gasteiger charge is -2.23. The van der Waals surface area contributed by atoms with Crippen LogP contribution >= 0.6 is 0 Å². The molecule has 3 nitrogen and oxygen atoms in total. The van der Waals surface area contributed by atoms with Crippen molar-refractivity contribution < 1.29 is 4.74 Å². The summed E-state index contributed by atoms with van der Waals surface area (Å²) >= 11 is 0. The highest BCUT2D eigenvalue weighted by Gasteiger charge is 2.12. The summed E-state index contributed by atoms with van der Waals surface area (Å²) in [6, 6.07) is 18.3. The average molecular weight is 284 g/mol. The fourth-order valence-corrected chi connectivity index (χ4v) is 2.43. The van der Waals surface area contributed by atoms with Crippen LogP contribution in [0.3, 0.4) is 0 Å². The van der Waals surface area contributed by atoms with Crippen LogP contribution in [0.5, 0.6) is 5.75 Å². The fourth-order valence-electron chi connectivity index (χ4n) is 2.43. The second-order valence-electron chi connectivity index (χ2n) is 4.92. The molecule has 0 aliphatic carbocycles. The summed E-state index contributed by atoms with van der Waals surface area (Å²) in [6.45, 7) is 6.74. The van der Waals surface area contributed by atoms with E-state index in [1.807, 2.05) is 42.5 Å². The minimum atomic E-state index is -0.113. The largest absolute Gasteiger partial charge is 0.484 e. The molecule has 0 aromatic heterocycles. The number of rotatable bonds is 7. The molecule has 1 unspecified atom stereocenters. The molecular weight excluding hydrogens is 260 g/mol. The Morgan fingerprint density at radius 3 is 2.33 bits per heavy atom. The van der Waals surface area contributed by atoms with Gasteiger partial charge in [-0.25, -0.2) is 0 Å². The summed E-state index contributed by atoms with van der Waals surface area (Å²) < 4.78 is 6.08. The van der Waals surface area contributed by atoms with E-state index < -0.39 is 0 Å². The molecule has 0 amide bonds. The predicted molar refractivity (Wildman–Crippen MR) is 88.9 cm³/mol. The Labute approximate surface area is 127 Å². The molecule has 3 heteroatoms. The molecule has 0 aliphatic rings. The van der Waals surface area contributed by atoms with E-state index in [0.29, 0.717) is 6.54 Å². The SMILES string of the molecule is CCN(CC)c1cccc(OC(CN)c2ccccc2)c1. The molecule has 0 spiro atoms. The lowest BCUT2D eigenvalue weighted by Crippen LogP contribution is -2.22. The maximum atomic E-state index is 6.08. The third kappa shape index (κ3) is 3.99. The normalized spacial score (nSPS) is 12.0. The van der Waals surface area contributed by atoms with Gasteiger partial charge in [0.2, 0.25) is 0 Å². The molecular formula is C18H24N2O. The van der Waals surface area contributed by atoms with Crippen LogP contribution < -0.4 is 15.4 Å². The van der Waals surface area contributed by atoms with E-state index in [1.54, 1.807) is 0 Å². The standard InChI is InChI=1S/C18H24N2O/c1-3-20(4-2)16-11-8-12-17(13-16)21-18(14-19)15-9-6-5-7-10-15/h5-13,18H,3-4,14,19H2,1-2H3. The van der Waals surface area contributed by atoms with E-state index in [2.05, 4.69) is 30.9 Å². The number of hydrogen-bond acceptors (Lipinski definition) is 3. The summed E-state index contributed by atoms with van der Waals surface area (Å²) in [6.07, 6.45) is -0.113. The molecule has 0 aliphatic heterocycles. The first-order valence-corrected chi connectivity index (χ1v) is 7.55. The molecule has 0 fully saturated rings. The van der Waals surface area contributed by atoms with Crippen LogP contribution in [0.25, 0.3) is 0 Å². The number of nitrogens with zero attached hydrogens (tertiary/aromatic N) is 1. The van der Waals surface area contributed by atoms with Gasteiger partial charge in [-0.2, -0.15) is 0 Å². The van der Waals surface area contributed by atoms with Gasteiger partial charge in [0, 0.05) is 31.4 Å². The van der Waals surface area contributed by atoms with E-state index >= 15 is 0 Å². The quantitative estimate of drug-likeness (QED) is 0.844. The summed E-state index contributed by atoms with van der Waals surface area (Å²) in [5, 5.41) is 0. The zero-order valence-electron chi connectivity index (χ0n) is 12.8. The number of hydrogen-bond donors (Lipinski definition) is 1. The summed E-state index contributed by atoms with van der Waals surface area (Å²) in [4.78, 5) is 2.30. The Balaban J connectivity index is 2.16. The first-order valence-electron chi connectivity index (χ1n) is 7.55. The van der Waals surface area contributed by atoms with Gasteiger partial charge >= 0.3 is 0 Å². The van der Waals surface area contributed by atoms with Gasteiger partial charge in [0.05, 0.1) is 0 Å². The van der Waals surface area contributed by atoms with Gasteiger partial charge in [-0.1, -0.05) is 36.4 Å². The van der Waals surface area contributed by atoms with Gasteiger partial charge in [0.25, 0.3) is 0 Å². The van der Waals surface area contributed by atoms with Gasteiger partial charge in [0.15, 0.2) is 0 Å². The van der Waals surface area contributed by atoms with Crippen molar-refractivity contribution in [2.45, 2.75) is 20.0 Å². The number of nitrogens with two attached hydrogens (primary N) is 1.